The van der Waals surface area contributed by atoms with E-state index >= 15 is 0 Å². The van der Waals surface area contributed by atoms with E-state index < -0.39 is 39.5 Å². The Morgan fingerprint density at radius 1 is 1.08 bits per heavy atom. The Morgan fingerprint density at radius 3 is 2.30 bits per heavy atom. The average Bonchev–Trinajstić information content (AvgIpc) is 2.83. The molecule has 0 unspecified atom stereocenters. The summed E-state index contributed by atoms with van der Waals surface area (Å²) in [6, 6.07) is 8.53. The maximum absolute atomic E-state index is 13.3. The van der Waals surface area contributed by atoms with Crippen LogP contribution in [0.5, 0.6) is 0 Å². The third-order valence-electron chi connectivity index (χ3n) is 5.60. The number of nitrogens with zero attached hydrogens (tertiary/aromatic N) is 2. The van der Waals surface area contributed by atoms with Gasteiger partial charge in [-0.15, -0.1) is 0 Å². The Kier molecular flexibility index (Phi) is 10.5. The number of amides is 2. The van der Waals surface area contributed by atoms with Crippen LogP contribution >= 0.6 is 0 Å². The zero-order valence-electron chi connectivity index (χ0n) is 20.9. The van der Waals surface area contributed by atoms with Crippen LogP contribution in [0.25, 0.3) is 0 Å². The highest BCUT2D eigenvalue weighted by atomic mass is 32.2. The molecule has 0 spiro atoms. The molecule has 0 aromatic heterocycles. The van der Waals surface area contributed by atoms with Crippen LogP contribution in [0.2, 0.25) is 0 Å². The van der Waals surface area contributed by atoms with Crippen LogP contribution in [0, 0.1) is 5.82 Å². The number of sulfonamides is 1. The van der Waals surface area contributed by atoms with Gasteiger partial charge in [0.1, 0.15) is 11.9 Å². The molecule has 12 heteroatoms. The number of alkyl halides is 3. The van der Waals surface area contributed by atoms with E-state index in [4.69, 9.17) is 0 Å². The molecule has 0 aliphatic rings. The van der Waals surface area contributed by atoms with Gasteiger partial charge < -0.3 is 10.2 Å². The van der Waals surface area contributed by atoms with Crippen molar-refractivity contribution in [3.63, 3.8) is 0 Å². The lowest BCUT2D eigenvalue weighted by molar-refractivity contribution is -0.140. The topological polar surface area (TPSA) is 86.8 Å². The Bertz CT molecular complexity index is 1170. The summed E-state index contributed by atoms with van der Waals surface area (Å²) in [7, 11) is -3.95. The normalized spacial score (nSPS) is 12.6. The summed E-state index contributed by atoms with van der Waals surface area (Å²) in [5.41, 5.74) is -0.570. The van der Waals surface area contributed by atoms with E-state index in [1.807, 2.05) is 6.92 Å². The zero-order chi connectivity index (χ0) is 27.8. The highest BCUT2D eigenvalue weighted by molar-refractivity contribution is 7.92. The predicted octanol–water partition coefficient (Wildman–Crippen LogP) is 4.33. The van der Waals surface area contributed by atoms with Gasteiger partial charge in [0.05, 0.1) is 17.5 Å². The molecule has 2 aromatic carbocycles. The fraction of sp³-hybridized carbons (Fsp3) is 0.440. The van der Waals surface area contributed by atoms with Gasteiger partial charge in [0.25, 0.3) is 0 Å². The minimum atomic E-state index is -4.65. The molecule has 0 heterocycles. The molecule has 0 fully saturated rings. The fourth-order valence-electron chi connectivity index (χ4n) is 3.61. The number of carbonyl (C=O) groups is 2. The molecule has 2 aromatic rings. The van der Waals surface area contributed by atoms with Crippen LogP contribution in [0.1, 0.15) is 44.2 Å². The molecule has 0 aliphatic carbocycles. The van der Waals surface area contributed by atoms with Crippen LogP contribution in [0.4, 0.5) is 23.2 Å². The number of halogens is 4. The maximum atomic E-state index is 13.3. The first-order valence-corrected chi connectivity index (χ1v) is 13.6. The number of hydrogen-bond acceptors (Lipinski definition) is 4. The number of nitrogens with one attached hydrogen (secondary N) is 1. The average molecular weight is 546 g/mol. The molecule has 2 amide bonds. The van der Waals surface area contributed by atoms with E-state index in [2.05, 4.69) is 5.32 Å². The molecule has 2 rings (SSSR count). The van der Waals surface area contributed by atoms with Gasteiger partial charge in [-0.3, -0.25) is 13.9 Å². The lowest BCUT2D eigenvalue weighted by Gasteiger charge is -2.29. The lowest BCUT2D eigenvalue weighted by atomic mass is 10.1. The minimum Gasteiger partial charge on any atom is -0.354 e. The molecular weight excluding hydrogens is 514 g/mol. The van der Waals surface area contributed by atoms with Gasteiger partial charge in [0, 0.05) is 26.1 Å². The van der Waals surface area contributed by atoms with Crippen molar-refractivity contribution >= 4 is 27.5 Å². The van der Waals surface area contributed by atoms with E-state index in [9.17, 15) is 35.6 Å². The van der Waals surface area contributed by atoms with E-state index in [0.717, 1.165) is 28.8 Å². The zero-order valence-corrected chi connectivity index (χ0v) is 21.7. The van der Waals surface area contributed by atoms with Gasteiger partial charge in [0.15, 0.2) is 0 Å². The standard InChI is InChI=1S/C25H31F4N3O4S/c1-4-14-30-24(34)18(2)31(17-19-10-12-21(26)13-11-19)23(33)9-6-15-32(37(3,35)36)22-8-5-7-20(16-22)25(27,28)29/h5,7-8,10-13,16,18H,4,6,9,14-15,17H2,1-3H3,(H,30,34)/t18-/m0/s1. The fourth-order valence-corrected chi connectivity index (χ4v) is 4.56. The molecule has 1 N–H and O–H groups in total. The second kappa shape index (κ2) is 12.9. The quantitative estimate of drug-likeness (QED) is 0.402. The summed E-state index contributed by atoms with van der Waals surface area (Å²) in [5.74, 6) is -1.29. The summed E-state index contributed by atoms with van der Waals surface area (Å²) in [6.07, 6.45) is -3.26. The molecule has 0 aliphatic heterocycles. The van der Waals surface area contributed by atoms with Crippen molar-refractivity contribution in [3.05, 3.63) is 65.5 Å². The first-order valence-electron chi connectivity index (χ1n) is 11.7. The summed E-state index contributed by atoms with van der Waals surface area (Å²) in [4.78, 5) is 27.0. The first kappa shape index (κ1) is 30.1. The molecule has 0 saturated carbocycles. The van der Waals surface area contributed by atoms with E-state index in [1.165, 1.54) is 35.2 Å². The number of anilines is 1. The Morgan fingerprint density at radius 2 is 1.73 bits per heavy atom. The highest BCUT2D eigenvalue weighted by Crippen LogP contribution is 2.32. The smallest absolute Gasteiger partial charge is 0.354 e. The van der Waals surface area contributed by atoms with Crippen molar-refractivity contribution in [3.8, 4) is 0 Å². The molecule has 0 radical (unpaired) electrons. The number of benzene rings is 2. The molecule has 1 atom stereocenters. The third kappa shape index (κ3) is 9.03. The van der Waals surface area contributed by atoms with Gasteiger partial charge in [-0.05, 0) is 55.7 Å². The second-order valence-corrected chi connectivity index (χ2v) is 10.5. The Balaban J connectivity index is 2.19. The minimum absolute atomic E-state index is 0.00857. The van der Waals surface area contributed by atoms with E-state index in [-0.39, 0.29) is 37.5 Å². The van der Waals surface area contributed by atoms with Gasteiger partial charge >= 0.3 is 6.18 Å². The van der Waals surface area contributed by atoms with Crippen molar-refractivity contribution in [2.45, 2.75) is 51.9 Å². The highest BCUT2D eigenvalue weighted by Gasteiger charge is 2.32. The van der Waals surface area contributed by atoms with Gasteiger partial charge in [-0.25, -0.2) is 12.8 Å². The predicted molar refractivity (Wildman–Crippen MR) is 133 cm³/mol. The molecule has 0 bridgehead atoms. The molecule has 0 saturated heterocycles. The summed E-state index contributed by atoms with van der Waals surface area (Å²) < 4.78 is 78.2. The van der Waals surface area contributed by atoms with Crippen molar-refractivity contribution < 1.29 is 35.6 Å². The van der Waals surface area contributed by atoms with Crippen LogP contribution < -0.4 is 9.62 Å². The monoisotopic (exact) mass is 545 g/mol. The van der Waals surface area contributed by atoms with Gasteiger partial charge in [-0.2, -0.15) is 13.2 Å². The summed E-state index contributed by atoms with van der Waals surface area (Å²) >= 11 is 0. The summed E-state index contributed by atoms with van der Waals surface area (Å²) in [5, 5.41) is 2.72. The molecule has 204 valence electrons. The number of rotatable bonds is 12. The van der Waals surface area contributed by atoms with E-state index in [0.29, 0.717) is 18.5 Å². The Labute approximate surface area is 214 Å². The largest absolute Gasteiger partial charge is 0.416 e. The number of hydrogen-bond donors (Lipinski definition) is 1. The lowest BCUT2D eigenvalue weighted by Crippen LogP contribution is -2.47. The van der Waals surface area contributed by atoms with Crippen molar-refractivity contribution in [2.24, 2.45) is 0 Å². The first-order chi connectivity index (χ1) is 17.2. The summed E-state index contributed by atoms with van der Waals surface area (Å²) in [6.45, 7) is 3.63. The van der Waals surface area contributed by atoms with Crippen LogP contribution in [-0.4, -0.2) is 50.5 Å². The van der Waals surface area contributed by atoms with Crippen LogP contribution in [-0.2, 0) is 32.3 Å². The van der Waals surface area contributed by atoms with Gasteiger partial charge in [-0.1, -0.05) is 25.1 Å². The van der Waals surface area contributed by atoms with Gasteiger partial charge in [0.2, 0.25) is 21.8 Å². The van der Waals surface area contributed by atoms with Crippen molar-refractivity contribution in [1.29, 1.82) is 0 Å². The van der Waals surface area contributed by atoms with Crippen LogP contribution in [0.15, 0.2) is 48.5 Å². The second-order valence-electron chi connectivity index (χ2n) is 8.60. The SMILES string of the molecule is CCCNC(=O)[C@H](C)N(Cc1ccc(F)cc1)C(=O)CCCN(c1cccc(C(F)(F)F)c1)S(C)(=O)=O. The van der Waals surface area contributed by atoms with Crippen LogP contribution in [0.3, 0.4) is 0 Å². The maximum Gasteiger partial charge on any atom is 0.416 e. The van der Waals surface area contributed by atoms with E-state index in [1.54, 1.807) is 6.92 Å². The Hall–Kier alpha value is -3.15. The molecule has 37 heavy (non-hydrogen) atoms. The van der Waals surface area contributed by atoms with Crippen molar-refractivity contribution in [2.75, 3.05) is 23.7 Å². The molecule has 7 nitrogen and oxygen atoms in total. The molecular formula is C25H31F4N3O4S. The van der Waals surface area contributed by atoms with Crippen molar-refractivity contribution in [1.82, 2.24) is 10.2 Å². The third-order valence-corrected chi connectivity index (χ3v) is 6.79. The number of carbonyl (C=O) groups excluding carboxylic acids is 2.